The van der Waals surface area contributed by atoms with Crippen LogP contribution in [0.1, 0.15) is 10.4 Å². The van der Waals surface area contributed by atoms with Crippen molar-refractivity contribution in [3.63, 3.8) is 0 Å². The molecule has 0 saturated carbocycles. The summed E-state index contributed by atoms with van der Waals surface area (Å²) in [5.41, 5.74) is 1.77. The van der Waals surface area contributed by atoms with Crippen molar-refractivity contribution in [2.24, 2.45) is 0 Å². The van der Waals surface area contributed by atoms with Gasteiger partial charge in [-0.2, -0.15) is 5.10 Å². The number of carbonyl (C=O) groups excluding carboxylic acids is 1. The van der Waals surface area contributed by atoms with Gasteiger partial charge in [-0.3, -0.25) is 9.59 Å². The fraction of sp³-hybridized carbons (Fsp3) is 0.105. The summed E-state index contributed by atoms with van der Waals surface area (Å²) in [6.07, 6.45) is 0. The number of aromatic nitrogens is 2. The highest BCUT2D eigenvalue weighted by Crippen LogP contribution is 2.20. The lowest BCUT2D eigenvalue weighted by Crippen LogP contribution is -2.32. The van der Waals surface area contributed by atoms with E-state index in [1.807, 2.05) is 30.3 Å². The lowest BCUT2D eigenvalue weighted by atomic mass is 10.1. The van der Waals surface area contributed by atoms with Crippen LogP contribution in [0, 0.1) is 0 Å². The molecule has 5 nitrogen and oxygen atoms in total. The lowest BCUT2D eigenvalue weighted by Gasteiger charge is -2.09. The van der Waals surface area contributed by atoms with Crippen LogP contribution < -0.4 is 10.9 Å². The van der Waals surface area contributed by atoms with E-state index in [1.54, 1.807) is 24.3 Å². The molecule has 0 radical (unpaired) electrons. The fourth-order valence-corrected chi connectivity index (χ4v) is 2.98. The number of carbonyl (C=O) groups is 1. The van der Waals surface area contributed by atoms with Crippen LogP contribution in [0.15, 0.2) is 69.9 Å². The van der Waals surface area contributed by atoms with Gasteiger partial charge in [0, 0.05) is 22.6 Å². The largest absolute Gasteiger partial charge is 0.350 e. The zero-order valence-corrected chi connectivity index (χ0v) is 16.0. The van der Waals surface area contributed by atoms with Crippen molar-refractivity contribution >= 4 is 33.4 Å². The topological polar surface area (TPSA) is 64.0 Å². The quantitative estimate of drug-likeness (QED) is 0.668. The molecule has 0 aliphatic rings. The first-order valence-corrected chi connectivity index (χ1v) is 9.08. The Kier molecular flexibility index (Phi) is 5.85. The molecule has 0 atom stereocenters. The second-order valence-electron chi connectivity index (χ2n) is 5.53. The number of nitrogens with zero attached hydrogens (tertiary/aromatic N) is 2. The maximum atomic E-state index is 12.3. The van der Waals surface area contributed by atoms with E-state index in [9.17, 15) is 9.59 Å². The number of amides is 1. The molecule has 1 amide bonds. The fourth-order valence-electron chi connectivity index (χ4n) is 2.41. The van der Waals surface area contributed by atoms with Gasteiger partial charge >= 0.3 is 0 Å². The summed E-state index contributed by atoms with van der Waals surface area (Å²) in [5.74, 6) is -0.302. The van der Waals surface area contributed by atoms with E-state index in [0.29, 0.717) is 16.3 Å². The van der Waals surface area contributed by atoms with Gasteiger partial charge in [-0.15, -0.1) is 0 Å². The highest BCUT2D eigenvalue weighted by molar-refractivity contribution is 9.10. The molecule has 0 spiro atoms. The van der Waals surface area contributed by atoms with Gasteiger partial charge < -0.3 is 5.32 Å². The van der Waals surface area contributed by atoms with Gasteiger partial charge in [-0.05, 0) is 24.3 Å². The molecule has 1 heterocycles. The normalized spacial score (nSPS) is 10.5. The van der Waals surface area contributed by atoms with E-state index < -0.39 is 0 Å². The first kappa shape index (κ1) is 18.4. The highest BCUT2D eigenvalue weighted by Gasteiger charge is 2.11. The van der Waals surface area contributed by atoms with Crippen LogP contribution in [0.25, 0.3) is 11.3 Å². The summed E-state index contributed by atoms with van der Waals surface area (Å²) in [6.45, 7) is 0.518. The molecule has 0 bridgehead atoms. The Hall–Kier alpha value is -2.44. The van der Waals surface area contributed by atoms with Crippen LogP contribution in [0.2, 0.25) is 5.02 Å². The molecular formula is C19H15BrClN3O2. The third-order valence-corrected chi connectivity index (χ3v) is 4.54. The van der Waals surface area contributed by atoms with Crippen molar-refractivity contribution < 1.29 is 4.79 Å². The summed E-state index contributed by atoms with van der Waals surface area (Å²) in [5, 5.41) is 7.49. The zero-order valence-electron chi connectivity index (χ0n) is 13.7. The average Bonchev–Trinajstić information content (AvgIpc) is 2.66. The molecule has 3 aromatic rings. The predicted molar refractivity (Wildman–Crippen MR) is 105 cm³/mol. The smallest absolute Gasteiger partial charge is 0.266 e. The monoisotopic (exact) mass is 431 g/mol. The number of halogens is 2. The number of nitrogens with one attached hydrogen (secondary N) is 1. The molecular weight excluding hydrogens is 418 g/mol. The molecule has 1 N–H and O–H groups in total. The summed E-state index contributed by atoms with van der Waals surface area (Å²) in [7, 11) is 0. The van der Waals surface area contributed by atoms with Crippen LogP contribution in [0.5, 0.6) is 0 Å². The van der Waals surface area contributed by atoms with Crippen LogP contribution in [-0.4, -0.2) is 22.2 Å². The number of hydrogen-bond donors (Lipinski definition) is 1. The molecule has 0 saturated heterocycles. The van der Waals surface area contributed by atoms with E-state index in [2.05, 4.69) is 26.3 Å². The Labute approximate surface area is 163 Å². The number of benzene rings is 2. The van der Waals surface area contributed by atoms with Crippen molar-refractivity contribution in [2.75, 3.05) is 6.54 Å². The Morgan fingerprint density at radius 3 is 2.65 bits per heavy atom. The van der Waals surface area contributed by atoms with Crippen molar-refractivity contribution in [3.8, 4) is 11.3 Å². The maximum Gasteiger partial charge on any atom is 0.266 e. The predicted octanol–water partition coefficient (Wildman–Crippen LogP) is 3.76. The van der Waals surface area contributed by atoms with Gasteiger partial charge in [0.25, 0.3) is 11.5 Å². The third kappa shape index (κ3) is 4.39. The number of hydrogen-bond acceptors (Lipinski definition) is 3. The van der Waals surface area contributed by atoms with Crippen molar-refractivity contribution in [2.45, 2.75) is 6.54 Å². The van der Waals surface area contributed by atoms with Crippen LogP contribution in [-0.2, 0) is 6.54 Å². The molecule has 26 heavy (non-hydrogen) atoms. The van der Waals surface area contributed by atoms with Gasteiger partial charge in [0.1, 0.15) is 0 Å². The third-order valence-electron chi connectivity index (χ3n) is 3.72. The molecule has 132 valence electrons. The first-order chi connectivity index (χ1) is 12.5. The van der Waals surface area contributed by atoms with E-state index in [-0.39, 0.29) is 24.6 Å². The van der Waals surface area contributed by atoms with Crippen molar-refractivity contribution in [1.29, 1.82) is 0 Å². The van der Waals surface area contributed by atoms with E-state index in [4.69, 9.17) is 11.6 Å². The molecule has 7 heteroatoms. The Bertz CT molecular complexity index is 990. The minimum atomic E-state index is -0.302. The average molecular weight is 433 g/mol. The van der Waals surface area contributed by atoms with E-state index in [0.717, 1.165) is 10.0 Å². The summed E-state index contributed by atoms with van der Waals surface area (Å²) < 4.78 is 2.10. The standard InChI is InChI=1S/C19H15BrClN3O2/c20-14-6-7-16(21)15(12-14)19(26)22-10-11-24-18(25)9-8-17(23-24)13-4-2-1-3-5-13/h1-9,12H,10-11H2,(H,22,26). The van der Waals surface area contributed by atoms with Crippen molar-refractivity contribution in [1.82, 2.24) is 15.1 Å². The number of rotatable bonds is 5. The second kappa shape index (κ2) is 8.29. The Morgan fingerprint density at radius 1 is 1.12 bits per heavy atom. The van der Waals surface area contributed by atoms with Crippen LogP contribution >= 0.6 is 27.5 Å². The SMILES string of the molecule is O=C(NCCn1nc(-c2ccccc2)ccc1=O)c1cc(Br)ccc1Cl. The second-order valence-corrected chi connectivity index (χ2v) is 6.85. The minimum absolute atomic E-state index is 0.223. The molecule has 1 aromatic heterocycles. The van der Waals surface area contributed by atoms with Gasteiger partial charge in [0.2, 0.25) is 0 Å². The van der Waals surface area contributed by atoms with Crippen LogP contribution in [0.3, 0.4) is 0 Å². The first-order valence-electron chi connectivity index (χ1n) is 7.91. The van der Waals surface area contributed by atoms with E-state index >= 15 is 0 Å². The maximum absolute atomic E-state index is 12.3. The molecule has 2 aromatic carbocycles. The summed E-state index contributed by atoms with van der Waals surface area (Å²) in [6, 6.07) is 17.8. The highest BCUT2D eigenvalue weighted by atomic mass is 79.9. The van der Waals surface area contributed by atoms with Crippen molar-refractivity contribution in [3.05, 3.63) is 86.1 Å². The van der Waals surface area contributed by atoms with E-state index in [1.165, 1.54) is 10.7 Å². The molecule has 0 aliphatic carbocycles. The lowest BCUT2D eigenvalue weighted by molar-refractivity contribution is 0.0952. The van der Waals surface area contributed by atoms with Gasteiger partial charge in [-0.25, -0.2) is 4.68 Å². The minimum Gasteiger partial charge on any atom is -0.350 e. The summed E-state index contributed by atoms with van der Waals surface area (Å²) in [4.78, 5) is 24.3. The van der Waals surface area contributed by atoms with Gasteiger partial charge in [-0.1, -0.05) is 57.9 Å². The summed E-state index contributed by atoms with van der Waals surface area (Å²) >= 11 is 9.37. The Morgan fingerprint density at radius 2 is 1.88 bits per heavy atom. The Balaban J connectivity index is 1.69. The van der Waals surface area contributed by atoms with Gasteiger partial charge in [0.05, 0.1) is 22.8 Å². The molecule has 0 aliphatic heterocycles. The molecule has 3 rings (SSSR count). The van der Waals surface area contributed by atoms with Crippen LogP contribution in [0.4, 0.5) is 0 Å². The van der Waals surface area contributed by atoms with Gasteiger partial charge in [0.15, 0.2) is 0 Å². The molecule has 0 unspecified atom stereocenters. The molecule has 0 fully saturated rings. The zero-order chi connectivity index (χ0) is 18.5.